The monoisotopic (exact) mass is 280 g/mol. The third-order valence-electron chi connectivity index (χ3n) is 4.21. The van der Waals surface area contributed by atoms with Crippen molar-refractivity contribution in [2.75, 3.05) is 18.8 Å². The fourth-order valence-electron chi connectivity index (χ4n) is 2.85. The minimum atomic E-state index is -0.305. The molecule has 112 valence electrons. The first kappa shape index (κ1) is 14.8. The molecule has 20 heavy (non-hydrogen) atoms. The molecule has 6 heteroatoms. The first-order valence-corrected chi connectivity index (χ1v) is 7.24. The number of nitrogens with zero attached hydrogens (tertiary/aromatic N) is 3. The smallest absolute Gasteiger partial charge is 0.274 e. The van der Waals surface area contributed by atoms with Crippen molar-refractivity contribution in [3.63, 3.8) is 0 Å². The van der Waals surface area contributed by atoms with Gasteiger partial charge in [-0.2, -0.15) is 5.10 Å². The van der Waals surface area contributed by atoms with Gasteiger partial charge in [-0.1, -0.05) is 6.92 Å². The number of carbonyl (C=O) groups is 1. The van der Waals surface area contributed by atoms with E-state index >= 15 is 0 Å². The van der Waals surface area contributed by atoms with Crippen molar-refractivity contribution < 1.29 is 9.90 Å². The predicted octanol–water partition coefficient (Wildman–Crippen LogP) is 0.798. The lowest BCUT2D eigenvalue weighted by atomic mass is 9.92. The second kappa shape index (κ2) is 5.83. The number of rotatable bonds is 3. The summed E-state index contributed by atoms with van der Waals surface area (Å²) in [6.07, 6.45) is 2.08. The zero-order chi connectivity index (χ0) is 14.9. The minimum Gasteiger partial charge on any atom is -0.395 e. The molecule has 1 aliphatic heterocycles. The molecule has 0 aromatic carbocycles. The van der Waals surface area contributed by atoms with E-state index in [1.165, 1.54) is 0 Å². The van der Waals surface area contributed by atoms with Crippen LogP contribution in [0.1, 0.15) is 42.9 Å². The van der Waals surface area contributed by atoms with Crippen LogP contribution in [0.4, 0.5) is 5.69 Å². The molecular weight excluding hydrogens is 256 g/mol. The quantitative estimate of drug-likeness (QED) is 0.857. The normalized spacial score (nSPS) is 18.3. The van der Waals surface area contributed by atoms with E-state index in [0.717, 1.165) is 25.0 Å². The Hall–Kier alpha value is -1.56. The Bertz CT molecular complexity index is 488. The van der Waals surface area contributed by atoms with Gasteiger partial charge in [0.25, 0.3) is 5.91 Å². The van der Waals surface area contributed by atoms with Crippen LogP contribution in [0.5, 0.6) is 0 Å². The number of aryl methyl sites for hydroxylation is 2. The second-order valence-electron chi connectivity index (χ2n) is 5.56. The molecule has 0 bridgehead atoms. The molecule has 1 saturated heterocycles. The molecule has 1 unspecified atom stereocenters. The number of anilines is 1. The Kier molecular flexibility index (Phi) is 4.32. The Morgan fingerprint density at radius 3 is 2.55 bits per heavy atom. The van der Waals surface area contributed by atoms with Crippen LogP contribution in [0.3, 0.4) is 0 Å². The molecule has 0 spiro atoms. The Balaban J connectivity index is 2.11. The van der Waals surface area contributed by atoms with Gasteiger partial charge >= 0.3 is 0 Å². The lowest BCUT2D eigenvalue weighted by Gasteiger charge is -2.33. The van der Waals surface area contributed by atoms with E-state index < -0.39 is 0 Å². The van der Waals surface area contributed by atoms with Gasteiger partial charge in [0.15, 0.2) is 0 Å². The highest BCUT2D eigenvalue weighted by Gasteiger charge is 2.29. The van der Waals surface area contributed by atoms with Gasteiger partial charge in [0, 0.05) is 20.1 Å². The lowest BCUT2D eigenvalue weighted by molar-refractivity contribution is 0.0514. The summed E-state index contributed by atoms with van der Waals surface area (Å²) in [6.45, 7) is 5.12. The highest BCUT2D eigenvalue weighted by Crippen LogP contribution is 2.24. The third kappa shape index (κ3) is 2.65. The molecule has 3 N–H and O–H groups in total. The summed E-state index contributed by atoms with van der Waals surface area (Å²) in [5.74, 6) is 0.232. The summed E-state index contributed by atoms with van der Waals surface area (Å²) in [5, 5.41) is 13.9. The topological polar surface area (TPSA) is 84.4 Å². The largest absolute Gasteiger partial charge is 0.395 e. The molecule has 1 amide bonds. The number of piperidine rings is 1. The maximum atomic E-state index is 12.6. The minimum absolute atomic E-state index is 0.0544. The number of aromatic nitrogens is 2. The molecule has 6 nitrogen and oxygen atoms in total. The summed E-state index contributed by atoms with van der Waals surface area (Å²) >= 11 is 0. The molecule has 1 aromatic heterocycles. The van der Waals surface area contributed by atoms with Crippen LogP contribution in [0.15, 0.2) is 0 Å². The van der Waals surface area contributed by atoms with Crippen molar-refractivity contribution in [3.8, 4) is 0 Å². The van der Waals surface area contributed by atoms with Crippen molar-refractivity contribution in [2.24, 2.45) is 13.0 Å². The van der Waals surface area contributed by atoms with E-state index in [0.29, 0.717) is 24.5 Å². The average molecular weight is 280 g/mol. The molecule has 1 aliphatic rings. The van der Waals surface area contributed by atoms with E-state index in [-0.39, 0.29) is 17.9 Å². The van der Waals surface area contributed by atoms with E-state index in [4.69, 9.17) is 5.73 Å². The molecule has 1 aromatic rings. The van der Waals surface area contributed by atoms with Gasteiger partial charge in [0.05, 0.1) is 17.5 Å². The van der Waals surface area contributed by atoms with E-state index in [2.05, 4.69) is 5.10 Å². The number of amides is 1. The number of aliphatic hydroxyl groups excluding tert-OH is 1. The van der Waals surface area contributed by atoms with Gasteiger partial charge in [-0.05, 0) is 32.1 Å². The van der Waals surface area contributed by atoms with Crippen LogP contribution in [0.25, 0.3) is 0 Å². The number of nitrogens with two attached hydrogens (primary N) is 1. The number of likely N-dealkylation sites (tertiary alicyclic amines) is 1. The number of hydrogen-bond acceptors (Lipinski definition) is 4. The van der Waals surface area contributed by atoms with Crippen LogP contribution >= 0.6 is 0 Å². The van der Waals surface area contributed by atoms with Crippen LogP contribution in [0, 0.1) is 5.92 Å². The SMILES string of the molecule is CCc1nn(C)c(C(=O)N2CCC(C(C)O)CC2)c1N. The molecule has 2 heterocycles. The van der Waals surface area contributed by atoms with Crippen LogP contribution < -0.4 is 5.73 Å². The zero-order valence-electron chi connectivity index (χ0n) is 12.5. The molecule has 0 radical (unpaired) electrons. The summed E-state index contributed by atoms with van der Waals surface area (Å²) in [4.78, 5) is 14.4. The van der Waals surface area contributed by atoms with Gasteiger partial charge in [-0.15, -0.1) is 0 Å². The van der Waals surface area contributed by atoms with Gasteiger partial charge in [0.2, 0.25) is 0 Å². The van der Waals surface area contributed by atoms with Crippen LogP contribution in [-0.4, -0.2) is 44.9 Å². The van der Waals surface area contributed by atoms with Crippen molar-refractivity contribution in [2.45, 2.75) is 39.2 Å². The summed E-state index contributed by atoms with van der Waals surface area (Å²) in [6, 6.07) is 0. The molecular formula is C14H24N4O2. The fourth-order valence-corrected chi connectivity index (χ4v) is 2.85. The van der Waals surface area contributed by atoms with Crippen molar-refractivity contribution >= 4 is 11.6 Å². The Morgan fingerprint density at radius 1 is 1.50 bits per heavy atom. The van der Waals surface area contributed by atoms with Gasteiger partial charge in [0.1, 0.15) is 5.69 Å². The van der Waals surface area contributed by atoms with E-state index in [9.17, 15) is 9.90 Å². The van der Waals surface area contributed by atoms with Gasteiger partial charge in [-0.3, -0.25) is 9.48 Å². The number of hydrogen-bond donors (Lipinski definition) is 2. The van der Waals surface area contributed by atoms with Gasteiger partial charge < -0.3 is 15.7 Å². The highest BCUT2D eigenvalue weighted by molar-refractivity contribution is 5.98. The van der Waals surface area contributed by atoms with E-state index in [1.54, 1.807) is 11.7 Å². The summed E-state index contributed by atoms with van der Waals surface area (Å²) in [7, 11) is 1.76. The summed E-state index contributed by atoms with van der Waals surface area (Å²) in [5.41, 5.74) is 7.78. The maximum Gasteiger partial charge on any atom is 0.274 e. The molecule has 0 saturated carbocycles. The Labute approximate surface area is 119 Å². The van der Waals surface area contributed by atoms with Crippen molar-refractivity contribution in [3.05, 3.63) is 11.4 Å². The van der Waals surface area contributed by atoms with Crippen LogP contribution in [0.2, 0.25) is 0 Å². The van der Waals surface area contributed by atoms with Crippen molar-refractivity contribution in [1.29, 1.82) is 0 Å². The molecule has 0 aliphatic carbocycles. The lowest BCUT2D eigenvalue weighted by Crippen LogP contribution is -2.41. The van der Waals surface area contributed by atoms with Crippen LogP contribution in [-0.2, 0) is 13.5 Å². The maximum absolute atomic E-state index is 12.6. The number of nitrogen functional groups attached to an aromatic ring is 1. The molecule has 2 rings (SSSR count). The summed E-state index contributed by atoms with van der Waals surface area (Å²) < 4.78 is 1.58. The molecule has 1 fully saturated rings. The Morgan fingerprint density at radius 2 is 2.10 bits per heavy atom. The highest BCUT2D eigenvalue weighted by atomic mass is 16.3. The third-order valence-corrected chi connectivity index (χ3v) is 4.21. The first-order valence-electron chi connectivity index (χ1n) is 7.24. The standard InChI is InChI=1S/C14H24N4O2/c1-4-11-12(15)13(17(3)16-11)14(20)18-7-5-10(6-8-18)9(2)19/h9-10,19H,4-8,15H2,1-3H3. The number of aliphatic hydroxyl groups is 1. The fraction of sp³-hybridized carbons (Fsp3) is 0.714. The van der Waals surface area contributed by atoms with E-state index in [1.807, 2.05) is 18.7 Å². The van der Waals surface area contributed by atoms with Crippen molar-refractivity contribution in [1.82, 2.24) is 14.7 Å². The average Bonchev–Trinajstić information content (AvgIpc) is 2.72. The number of carbonyl (C=O) groups excluding carboxylic acids is 1. The van der Waals surface area contributed by atoms with Gasteiger partial charge in [-0.25, -0.2) is 0 Å². The molecule has 1 atom stereocenters. The predicted molar refractivity (Wildman–Crippen MR) is 77.3 cm³/mol. The first-order chi connectivity index (χ1) is 9.45. The second-order valence-corrected chi connectivity index (χ2v) is 5.56. The zero-order valence-corrected chi connectivity index (χ0v) is 12.5.